The zero-order valence-electron chi connectivity index (χ0n) is 15.8. The van der Waals surface area contributed by atoms with Crippen LogP contribution in [0.4, 0.5) is 11.5 Å². The number of carbonyl (C=O) groups is 1. The first kappa shape index (κ1) is 18.9. The molecular formula is C22H19N3O3S. The Morgan fingerprint density at radius 3 is 2.66 bits per heavy atom. The van der Waals surface area contributed by atoms with E-state index in [0.29, 0.717) is 34.2 Å². The Labute approximate surface area is 171 Å². The Morgan fingerprint density at radius 2 is 1.86 bits per heavy atom. The Bertz CT molecular complexity index is 1160. The third kappa shape index (κ3) is 4.05. The summed E-state index contributed by atoms with van der Waals surface area (Å²) >= 11 is 1.28. The average molecular weight is 405 g/mol. The number of hydrogen-bond acceptors (Lipinski definition) is 7. The number of anilines is 2. The lowest BCUT2D eigenvalue weighted by Gasteiger charge is -2.09. The van der Waals surface area contributed by atoms with Gasteiger partial charge in [-0.05, 0) is 30.2 Å². The smallest absolute Gasteiger partial charge is 0.348 e. The van der Waals surface area contributed by atoms with Crippen LogP contribution in [0.3, 0.4) is 0 Å². The predicted molar refractivity (Wildman–Crippen MR) is 114 cm³/mol. The maximum absolute atomic E-state index is 12.6. The van der Waals surface area contributed by atoms with E-state index < -0.39 is 0 Å². The van der Waals surface area contributed by atoms with Gasteiger partial charge in [-0.15, -0.1) is 11.3 Å². The molecule has 2 aromatic carbocycles. The SMILES string of the molecule is Cc1c(C(=O)OCCc2ccccc2)sc2ncnc(Nc3ccccc3O)c12. The van der Waals surface area contributed by atoms with E-state index in [1.165, 1.54) is 17.7 Å². The maximum atomic E-state index is 12.6. The van der Waals surface area contributed by atoms with Gasteiger partial charge in [-0.25, -0.2) is 14.8 Å². The van der Waals surface area contributed by atoms with Crippen LogP contribution in [0.1, 0.15) is 20.8 Å². The summed E-state index contributed by atoms with van der Waals surface area (Å²) in [5.74, 6) is 0.288. The number of nitrogens with one attached hydrogen (secondary N) is 1. The molecule has 2 heterocycles. The number of aromatic hydroxyl groups is 1. The van der Waals surface area contributed by atoms with Crippen molar-refractivity contribution in [3.05, 3.63) is 76.9 Å². The van der Waals surface area contributed by atoms with Crippen molar-refractivity contribution in [1.29, 1.82) is 0 Å². The van der Waals surface area contributed by atoms with Gasteiger partial charge in [0.1, 0.15) is 27.6 Å². The van der Waals surface area contributed by atoms with Crippen LogP contribution in [0.5, 0.6) is 5.75 Å². The number of aromatic nitrogens is 2. The van der Waals surface area contributed by atoms with E-state index in [4.69, 9.17) is 4.74 Å². The normalized spacial score (nSPS) is 10.8. The largest absolute Gasteiger partial charge is 0.506 e. The van der Waals surface area contributed by atoms with Gasteiger partial charge in [0.15, 0.2) is 0 Å². The van der Waals surface area contributed by atoms with Crippen LogP contribution in [0, 0.1) is 6.92 Å². The molecule has 0 bridgehead atoms. The summed E-state index contributed by atoms with van der Waals surface area (Å²) in [4.78, 5) is 22.4. The van der Waals surface area contributed by atoms with Crippen molar-refractivity contribution in [1.82, 2.24) is 9.97 Å². The first-order valence-electron chi connectivity index (χ1n) is 9.13. The monoisotopic (exact) mass is 405 g/mol. The molecule has 7 heteroatoms. The Morgan fingerprint density at radius 1 is 1.10 bits per heavy atom. The van der Waals surface area contributed by atoms with Crippen LogP contribution in [-0.4, -0.2) is 27.7 Å². The van der Waals surface area contributed by atoms with Crippen molar-refractivity contribution in [3.63, 3.8) is 0 Å². The standard InChI is InChI=1S/C22H19N3O3S/c1-14-18-20(25-16-9-5-6-10-17(16)26)23-13-24-21(18)29-19(14)22(27)28-12-11-15-7-3-2-4-8-15/h2-10,13,26H,11-12H2,1H3,(H,23,24,25). The number of thiophene rings is 1. The summed E-state index contributed by atoms with van der Waals surface area (Å²) < 4.78 is 5.48. The molecule has 29 heavy (non-hydrogen) atoms. The van der Waals surface area contributed by atoms with E-state index >= 15 is 0 Å². The van der Waals surface area contributed by atoms with Crippen LogP contribution < -0.4 is 5.32 Å². The number of nitrogens with zero attached hydrogens (tertiary/aromatic N) is 2. The van der Waals surface area contributed by atoms with Crippen LogP contribution in [-0.2, 0) is 11.2 Å². The number of ether oxygens (including phenoxy) is 1. The van der Waals surface area contributed by atoms with Crippen molar-refractivity contribution < 1.29 is 14.6 Å². The number of phenolic OH excluding ortho intramolecular Hbond substituents is 1. The summed E-state index contributed by atoms with van der Waals surface area (Å²) in [6.45, 7) is 2.16. The molecular weight excluding hydrogens is 386 g/mol. The van der Waals surface area contributed by atoms with E-state index in [9.17, 15) is 9.90 Å². The number of benzene rings is 2. The maximum Gasteiger partial charge on any atom is 0.348 e. The summed E-state index contributed by atoms with van der Waals surface area (Å²) in [7, 11) is 0. The molecule has 4 rings (SSSR count). The summed E-state index contributed by atoms with van der Waals surface area (Å²) in [5, 5.41) is 13.9. The average Bonchev–Trinajstić information content (AvgIpc) is 3.08. The first-order valence-corrected chi connectivity index (χ1v) is 9.95. The van der Waals surface area contributed by atoms with Crippen molar-refractivity contribution >= 4 is 39.0 Å². The van der Waals surface area contributed by atoms with E-state index in [0.717, 1.165) is 16.5 Å². The van der Waals surface area contributed by atoms with Gasteiger partial charge in [-0.2, -0.15) is 0 Å². The van der Waals surface area contributed by atoms with Crippen molar-refractivity contribution in [2.75, 3.05) is 11.9 Å². The lowest BCUT2D eigenvalue weighted by Crippen LogP contribution is -2.07. The minimum Gasteiger partial charge on any atom is -0.506 e. The third-order valence-electron chi connectivity index (χ3n) is 4.54. The van der Waals surface area contributed by atoms with Gasteiger partial charge in [0.25, 0.3) is 0 Å². The molecule has 0 radical (unpaired) electrons. The number of rotatable bonds is 6. The van der Waals surface area contributed by atoms with Gasteiger partial charge in [0.2, 0.25) is 0 Å². The molecule has 0 saturated carbocycles. The van der Waals surface area contributed by atoms with Crippen LogP contribution in [0.2, 0.25) is 0 Å². The van der Waals surface area contributed by atoms with Crippen molar-refractivity contribution in [2.24, 2.45) is 0 Å². The number of carbonyl (C=O) groups excluding carboxylic acids is 1. The molecule has 0 amide bonds. The van der Waals surface area contributed by atoms with Crippen molar-refractivity contribution in [2.45, 2.75) is 13.3 Å². The topological polar surface area (TPSA) is 84.3 Å². The molecule has 2 N–H and O–H groups in total. The number of phenols is 1. The van der Waals surface area contributed by atoms with E-state index in [-0.39, 0.29) is 11.7 Å². The number of hydrogen-bond donors (Lipinski definition) is 2. The number of fused-ring (bicyclic) bond motifs is 1. The molecule has 0 fully saturated rings. The Balaban J connectivity index is 1.56. The van der Waals surface area contributed by atoms with Crippen molar-refractivity contribution in [3.8, 4) is 5.75 Å². The van der Waals surface area contributed by atoms with Gasteiger partial charge < -0.3 is 15.2 Å². The molecule has 146 valence electrons. The fraction of sp³-hybridized carbons (Fsp3) is 0.136. The number of aryl methyl sites for hydroxylation is 1. The second-order valence-electron chi connectivity index (χ2n) is 6.47. The zero-order chi connectivity index (χ0) is 20.2. The Kier molecular flexibility index (Phi) is 5.39. The first-order chi connectivity index (χ1) is 14.1. The van der Waals surface area contributed by atoms with Gasteiger partial charge >= 0.3 is 5.97 Å². The second-order valence-corrected chi connectivity index (χ2v) is 7.47. The molecule has 6 nitrogen and oxygen atoms in total. The van der Waals surface area contributed by atoms with Gasteiger partial charge in [0.05, 0.1) is 17.7 Å². The molecule has 4 aromatic rings. The predicted octanol–water partition coefficient (Wildman–Crippen LogP) is 4.85. The van der Waals surface area contributed by atoms with E-state index in [1.54, 1.807) is 18.2 Å². The second kappa shape index (κ2) is 8.28. The lowest BCUT2D eigenvalue weighted by molar-refractivity contribution is 0.0514. The molecule has 0 aliphatic heterocycles. The molecule has 0 saturated heterocycles. The molecule has 0 spiro atoms. The zero-order valence-corrected chi connectivity index (χ0v) is 16.6. The lowest BCUT2D eigenvalue weighted by atomic mass is 10.2. The summed E-state index contributed by atoms with van der Waals surface area (Å²) in [5.41, 5.74) is 2.41. The Hall–Kier alpha value is -3.45. The van der Waals surface area contributed by atoms with Crippen LogP contribution in [0.25, 0.3) is 10.2 Å². The van der Waals surface area contributed by atoms with Crippen LogP contribution in [0.15, 0.2) is 60.9 Å². The fourth-order valence-electron chi connectivity index (χ4n) is 3.04. The van der Waals surface area contributed by atoms with Gasteiger partial charge in [0, 0.05) is 6.42 Å². The third-order valence-corrected chi connectivity index (χ3v) is 5.72. The quantitative estimate of drug-likeness (QED) is 0.352. The highest BCUT2D eigenvalue weighted by Gasteiger charge is 2.20. The molecule has 0 atom stereocenters. The molecule has 0 aliphatic rings. The van der Waals surface area contributed by atoms with Gasteiger partial charge in [-0.3, -0.25) is 0 Å². The highest BCUT2D eigenvalue weighted by atomic mass is 32.1. The van der Waals surface area contributed by atoms with Gasteiger partial charge in [-0.1, -0.05) is 42.5 Å². The minimum atomic E-state index is -0.366. The minimum absolute atomic E-state index is 0.118. The van der Waals surface area contributed by atoms with E-state index in [2.05, 4.69) is 15.3 Å². The van der Waals surface area contributed by atoms with E-state index in [1.807, 2.05) is 43.3 Å². The molecule has 0 unspecified atom stereocenters. The summed E-state index contributed by atoms with van der Waals surface area (Å²) in [6, 6.07) is 16.8. The fourth-order valence-corrected chi connectivity index (χ4v) is 4.08. The molecule has 2 aromatic heterocycles. The summed E-state index contributed by atoms with van der Waals surface area (Å²) in [6.07, 6.45) is 2.10. The highest BCUT2D eigenvalue weighted by molar-refractivity contribution is 7.20. The van der Waals surface area contributed by atoms with Crippen LogP contribution >= 0.6 is 11.3 Å². The number of para-hydroxylation sites is 2. The molecule has 0 aliphatic carbocycles. The number of esters is 1. The highest BCUT2D eigenvalue weighted by Crippen LogP contribution is 2.36.